The number of rotatable bonds is 5. The molecular weight excluding hydrogens is 310 g/mol. The molecule has 0 atom stereocenters. The molecule has 2 aromatic heterocycles. The summed E-state index contributed by atoms with van der Waals surface area (Å²) < 4.78 is 0.990. The molecule has 2 heterocycles. The maximum absolute atomic E-state index is 4.59. The first-order valence-corrected chi connectivity index (χ1v) is 7.60. The second-order valence-corrected chi connectivity index (χ2v) is 6.07. The van der Waals surface area contributed by atoms with E-state index in [-0.39, 0.29) is 0 Å². The number of nitrogens with zero attached hydrogens (tertiary/aromatic N) is 2. The highest BCUT2D eigenvalue weighted by Gasteiger charge is 2.09. The van der Waals surface area contributed by atoms with Gasteiger partial charge in [-0.15, -0.1) is 11.3 Å². The number of hydrogen-bond donors (Lipinski definition) is 1. The fourth-order valence-electron chi connectivity index (χ4n) is 1.58. The van der Waals surface area contributed by atoms with Crippen LogP contribution in [0.3, 0.4) is 0 Å². The third-order valence-corrected chi connectivity index (χ3v) is 4.20. The molecule has 0 radical (unpaired) electrons. The normalized spacial score (nSPS) is 10.8. The first-order chi connectivity index (χ1) is 8.70. The van der Waals surface area contributed by atoms with E-state index in [1.807, 2.05) is 12.1 Å². The monoisotopic (exact) mass is 325 g/mol. The van der Waals surface area contributed by atoms with Gasteiger partial charge in [-0.3, -0.25) is 4.98 Å². The summed E-state index contributed by atoms with van der Waals surface area (Å²) in [4.78, 5) is 10.3. The smallest absolute Gasteiger partial charge is 0.142 e. The van der Waals surface area contributed by atoms with Crippen molar-refractivity contribution in [3.05, 3.63) is 33.4 Å². The molecule has 5 heteroatoms. The molecule has 2 aromatic rings. The van der Waals surface area contributed by atoms with Crippen LogP contribution in [-0.4, -0.2) is 16.5 Å². The van der Waals surface area contributed by atoms with Crippen LogP contribution in [0.5, 0.6) is 0 Å². The van der Waals surface area contributed by atoms with Crippen molar-refractivity contribution < 1.29 is 0 Å². The third kappa shape index (κ3) is 3.37. The zero-order valence-electron chi connectivity index (χ0n) is 10.5. The molecule has 0 unspecified atom stereocenters. The fourth-order valence-corrected chi connectivity index (χ4v) is 2.83. The molecule has 0 aliphatic rings. The van der Waals surface area contributed by atoms with Gasteiger partial charge in [-0.05, 0) is 48.0 Å². The van der Waals surface area contributed by atoms with Crippen molar-refractivity contribution in [1.29, 1.82) is 0 Å². The molecule has 0 aliphatic heterocycles. The Morgan fingerprint density at radius 2 is 2.22 bits per heavy atom. The number of nitrogens with one attached hydrogen (secondary N) is 1. The van der Waals surface area contributed by atoms with Crippen LogP contribution < -0.4 is 5.32 Å². The maximum atomic E-state index is 4.59. The molecular formula is C13H16BrN3S. The van der Waals surface area contributed by atoms with Crippen LogP contribution in [0.2, 0.25) is 0 Å². The molecule has 0 fully saturated rings. The Kier molecular flexibility index (Phi) is 4.86. The van der Waals surface area contributed by atoms with Gasteiger partial charge in [0.25, 0.3) is 0 Å². The van der Waals surface area contributed by atoms with Crippen LogP contribution in [0.1, 0.15) is 23.9 Å². The summed E-state index contributed by atoms with van der Waals surface area (Å²) in [6.45, 7) is 6.17. The summed E-state index contributed by atoms with van der Waals surface area (Å²) in [5.41, 5.74) is 2.04. The minimum absolute atomic E-state index is 0.897. The molecule has 0 aromatic carbocycles. The number of pyridine rings is 1. The Labute approximate surface area is 120 Å². The van der Waals surface area contributed by atoms with Crippen molar-refractivity contribution in [3.8, 4) is 10.7 Å². The Morgan fingerprint density at radius 3 is 2.89 bits per heavy atom. The average molecular weight is 326 g/mol. The first-order valence-electron chi connectivity index (χ1n) is 5.99. The molecule has 0 spiro atoms. The minimum atomic E-state index is 0.897. The Balaban J connectivity index is 2.15. The van der Waals surface area contributed by atoms with Crippen LogP contribution in [-0.2, 0) is 6.54 Å². The Bertz CT molecular complexity index is 507. The van der Waals surface area contributed by atoms with E-state index in [9.17, 15) is 0 Å². The van der Waals surface area contributed by atoms with Gasteiger partial charge >= 0.3 is 0 Å². The number of aromatic nitrogens is 2. The fraction of sp³-hybridized carbons (Fsp3) is 0.385. The molecule has 3 nitrogen and oxygen atoms in total. The Hall–Kier alpha value is -0.780. The predicted molar refractivity (Wildman–Crippen MR) is 79.8 cm³/mol. The lowest BCUT2D eigenvalue weighted by atomic mass is 10.3. The van der Waals surface area contributed by atoms with Crippen molar-refractivity contribution in [1.82, 2.24) is 15.3 Å². The second kappa shape index (κ2) is 6.41. The van der Waals surface area contributed by atoms with Crippen molar-refractivity contribution in [2.75, 3.05) is 6.54 Å². The van der Waals surface area contributed by atoms with E-state index in [0.717, 1.165) is 40.4 Å². The number of aryl methyl sites for hydroxylation is 1. The van der Waals surface area contributed by atoms with Crippen molar-refractivity contribution in [3.63, 3.8) is 0 Å². The molecule has 0 amide bonds. The topological polar surface area (TPSA) is 37.8 Å². The van der Waals surface area contributed by atoms with Gasteiger partial charge < -0.3 is 5.32 Å². The van der Waals surface area contributed by atoms with Gasteiger partial charge in [0.05, 0.1) is 11.4 Å². The standard InChI is InChI=1S/C13H16BrN3S/c1-3-6-15-8-12-9(2)17-13(18-12)11-5-4-10(14)7-16-11/h4-5,7,15H,3,6,8H2,1-2H3. The van der Waals surface area contributed by atoms with Gasteiger partial charge in [0.15, 0.2) is 0 Å². The quantitative estimate of drug-likeness (QED) is 0.850. The van der Waals surface area contributed by atoms with E-state index < -0.39 is 0 Å². The minimum Gasteiger partial charge on any atom is -0.312 e. The lowest BCUT2D eigenvalue weighted by Gasteiger charge is -1.99. The van der Waals surface area contributed by atoms with Crippen LogP contribution in [0.25, 0.3) is 10.7 Å². The average Bonchev–Trinajstić information content (AvgIpc) is 2.72. The number of thiazole rings is 1. The molecule has 2 rings (SSSR count). The van der Waals surface area contributed by atoms with Gasteiger partial charge in [-0.25, -0.2) is 4.98 Å². The largest absolute Gasteiger partial charge is 0.312 e. The summed E-state index contributed by atoms with van der Waals surface area (Å²) in [7, 11) is 0. The van der Waals surface area contributed by atoms with E-state index in [0.29, 0.717) is 0 Å². The van der Waals surface area contributed by atoms with Crippen molar-refractivity contribution in [2.45, 2.75) is 26.8 Å². The van der Waals surface area contributed by atoms with Gasteiger partial charge in [0, 0.05) is 22.1 Å². The highest BCUT2D eigenvalue weighted by Crippen LogP contribution is 2.27. The van der Waals surface area contributed by atoms with E-state index in [1.165, 1.54) is 4.88 Å². The molecule has 96 valence electrons. The SMILES string of the molecule is CCCNCc1sc(-c2ccc(Br)cn2)nc1C. The number of hydrogen-bond acceptors (Lipinski definition) is 4. The molecule has 1 N–H and O–H groups in total. The van der Waals surface area contributed by atoms with E-state index >= 15 is 0 Å². The highest BCUT2D eigenvalue weighted by atomic mass is 79.9. The lowest BCUT2D eigenvalue weighted by molar-refractivity contribution is 0.678. The van der Waals surface area contributed by atoms with Gasteiger partial charge in [0.1, 0.15) is 5.01 Å². The van der Waals surface area contributed by atoms with E-state index in [2.05, 4.69) is 45.1 Å². The summed E-state index contributed by atoms with van der Waals surface area (Å²) in [6, 6.07) is 3.99. The van der Waals surface area contributed by atoms with Crippen LogP contribution >= 0.6 is 27.3 Å². The van der Waals surface area contributed by atoms with Crippen LogP contribution in [0.4, 0.5) is 0 Å². The second-order valence-electron chi connectivity index (χ2n) is 4.07. The first kappa shape index (κ1) is 13.6. The maximum Gasteiger partial charge on any atom is 0.142 e. The molecule has 0 aliphatic carbocycles. The molecule has 0 bridgehead atoms. The third-order valence-electron chi connectivity index (χ3n) is 2.55. The summed E-state index contributed by atoms with van der Waals surface area (Å²) in [5.74, 6) is 0. The van der Waals surface area contributed by atoms with Crippen LogP contribution in [0, 0.1) is 6.92 Å². The van der Waals surface area contributed by atoms with Gasteiger partial charge in [-0.2, -0.15) is 0 Å². The van der Waals surface area contributed by atoms with Crippen molar-refractivity contribution >= 4 is 27.3 Å². The molecule has 0 saturated carbocycles. The zero-order chi connectivity index (χ0) is 13.0. The lowest BCUT2D eigenvalue weighted by Crippen LogP contribution is -2.13. The summed E-state index contributed by atoms with van der Waals surface area (Å²) in [5, 5.41) is 4.40. The van der Waals surface area contributed by atoms with Gasteiger partial charge in [-0.1, -0.05) is 6.92 Å². The predicted octanol–water partition coefficient (Wildman–Crippen LogP) is 3.78. The molecule has 18 heavy (non-hydrogen) atoms. The van der Waals surface area contributed by atoms with E-state index in [4.69, 9.17) is 0 Å². The van der Waals surface area contributed by atoms with Crippen molar-refractivity contribution in [2.24, 2.45) is 0 Å². The number of halogens is 1. The van der Waals surface area contributed by atoms with E-state index in [1.54, 1.807) is 17.5 Å². The Morgan fingerprint density at radius 1 is 1.39 bits per heavy atom. The van der Waals surface area contributed by atoms with Gasteiger partial charge in [0.2, 0.25) is 0 Å². The highest BCUT2D eigenvalue weighted by molar-refractivity contribution is 9.10. The summed E-state index contributed by atoms with van der Waals surface area (Å²) >= 11 is 5.11. The van der Waals surface area contributed by atoms with Crippen LogP contribution in [0.15, 0.2) is 22.8 Å². The molecule has 0 saturated heterocycles. The zero-order valence-corrected chi connectivity index (χ0v) is 12.9. The summed E-state index contributed by atoms with van der Waals surface area (Å²) in [6.07, 6.45) is 2.96.